The van der Waals surface area contributed by atoms with E-state index in [1.807, 2.05) is 0 Å². The summed E-state index contributed by atoms with van der Waals surface area (Å²) < 4.78 is 52.4. The number of hydrogen-bond donors (Lipinski definition) is 2. The molecule has 31 heavy (non-hydrogen) atoms. The number of hydrogen-bond acceptors (Lipinski definition) is 5. The zero-order chi connectivity index (χ0) is 22.8. The predicted octanol–water partition coefficient (Wildman–Crippen LogP) is 2.84. The molecule has 0 aliphatic carbocycles. The van der Waals surface area contributed by atoms with Gasteiger partial charge in [0.2, 0.25) is 0 Å². The Kier molecular flexibility index (Phi) is 5.78. The third kappa shape index (κ3) is 3.86. The second-order valence-corrected chi connectivity index (χ2v) is 6.40. The molecule has 2 aromatic rings. The fourth-order valence-electron chi connectivity index (χ4n) is 3.02. The lowest BCUT2D eigenvalue weighted by Gasteiger charge is -2.30. The molecule has 1 fully saturated rings. The van der Waals surface area contributed by atoms with Gasteiger partial charge < -0.3 is 14.8 Å². The average molecular weight is 437 g/mol. The molecule has 0 unspecified atom stereocenters. The van der Waals surface area contributed by atoms with Gasteiger partial charge >= 0.3 is 12.2 Å². The van der Waals surface area contributed by atoms with Gasteiger partial charge in [-0.25, -0.2) is 9.69 Å². The molecule has 8 nitrogen and oxygen atoms in total. The summed E-state index contributed by atoms with van der Waals surface area (Å²) in [6.07, 6.45) is -5.34. The number of alkyl halides is 3. The van der Waals surface area contributed by atoms with E-state index in [0.717, 1.165) is 0 Å². The molecule has 1 saturated heterocycles. The Labute approximate surface area is 174 Å². The fourth-order valence-corrected chi connectivity index (χ4v) is 3.02. The molecule has 1 aliphatic rings. The second kappa shape index (κ2) is 8.17. The van der Waals surface area contributed by atoms with E-state index >= 15 is 0 Å². The summed E-state index contributed by atoms with van der Waals surface area (Å²) in [5.74, 6) is -2.54. The molecular formula is C20H18F3N3O5. The lowest BCUT2D eigenvalue weighted by Crippen LogP contribution is -2.69. The van der Waals surface area contributed by atoms with Crippen molar-refractivity contribution < 1.29 is 37.0 Å². The Hall–Kier alpha value is -3.76. The van der Waals surface area contributed by atoms with Gasteiger partial charge in [-0.15, -0.1) is 0 Å². The van der Waals surface area contributed by atoms with E-state index in [1.165, 1.54) is 55.6 Å². The number of ether oxygens (including phenoxy) is 2. The zero-order valence-corrected chi connectivity index (χ0v) is 16.4. The van der Waals surface area contributed by atoms with Crippen molar-refractivity contribution in [2.24, 2.45) is 0 Å². The first kappa shape index (κ1) is 21.9. The van der Waals surface area contributed by atoms with Gasteiger partial charge in [0.1, 0.15) is 11.5 Å². The lowest BCUT2D eigenvalue weighted by molar-refractivity contribution is -0.197. The van der Waals surface area contributed by atoms with Crippen molar-refractivity contribution in [1.29, 1.82) is 0 Å². The summed E-state index contributed by atoms with van der Waals surface area (Å²) in [7, 11) is 1.38. The number of rotatable bonds is 6. The molecule has 4 amide bonds. The second-order valence-electron chi connectivity index (χ2n) is 6.40. The summed E-state index contributed by atoms with van der Waals surface area (Å²) in [4.78, 5) is 38.2. The van der Waals surface area contributed by atoms with Crippen LogP contribution in [-0.4, -0.2) is 43.4 Å². The van der Waals surface area contributed by atoms with Crippen LogP contribution in [0.2, 0.25) is 0 Å². The van der Waals surface area contributed by atoms with Gasteiger partial charge in [-0.3, -0.25) is 14.9 Å². The van der Waals surface area contributed by atoms with E-state index < -0.39 is 29.7 Å². The minimum Gasteiger partial charge on any atom is -0.497 e. The smallest absolute Gasteiger partial charge is 0.440 e. The molecule has 3 rings (SSSR count). The van der Waals surface area contributed by atoms with Crippen molar-refractivity contribution in [1.82, 2.24) is 10.6 Å². The number of carbonyl (C=O) groups excluding carboxylic acids is 3. The highest BCUT2D eigenvalue weighted by Crippen LogP contribution is 2.36. The maximum atomic E-state index is 14.0. The van der Waals surface area contributed by atoms with Gasteiger partial charge in [-0.2, -0.15) is 13.2 Å². The van der Waals surface area contributed by atoms with Crippen LogP contribution in [0.25, 0.3) is 0 Å². The number of para-hydroxylation sites is 1. The number of imide groups is 1. The molecule has 0 bridgehead atoms. The van der Waals surface area contributed by atoms with Crippen molar-refractivity contribution in [2.75, 3.05) is 18.6 Å². The van der Waals surface area contributed by atoms with Gasteiger partial charge in [0, 0.05) is 0 Å². The summed E-state index contributed by atoms with van der Waals surface area (Å²) in [6, 6.07) is 9.51. The van der Waals surface area contributed by atoms with E-state index in [9.17, 15) is 27.6 Å². The van der Waals surface area contributed by atoms with Crippen LogP contribution < -0.4 is 25.0 Å². The Morgan fingerprint density at radius 1 is 1.13 bits per heavy atom. The maximum Gasteiger partial charge on any atom is 0.440 e. The third-order valence-corrected chi connectivity index (χ3v) is 4.51. The Morgan fingerprint density at radius 3 is 2.35 bits per heavy atom. The summed E-state index contributed by atoms with van der Waals surface area (Å²) in [5, 5.41) is 3.25. The average Bonchev–Trinajstić information content (AvgIpc) is 2.99. The number of nitrogens with one attached hydrogen (secondary N) is 2. The molecule has 1 atom stereocenters. The van der Waals surface area contributed by atoms with E-state index in [2.05, 4.69) is 0 Å². The maximum absolute atomic E-state index is 14.0. The molecule has 11 heteroatoms. The first-order valence-corrected chi connectivity index (χ1v) is 9.06. The molecule has 1 aliphatic heterocycles. The van der Waals surface area contributed by atoms with Crippen LogP contribution in [0, 0.1) is 0 Å². The third-order valence-electron chi connectivity index (χ3n) is 4.51. The van der Waals surface area contributed by atoms with Crippen molar-refractivity contribution in [3.63, 3.8) is 0 Å². The van der Waals surface area contributed by atoms with Crippen molar-refractivity contribution >= 4 is 23.5 Å². The molecule has 0 saturated carbocycles. The highest BCUT2D eigenvalue weighted by Gasteiger charge is 2.69. The standard InChI is InChI=1S/C20H18F3N3O5/c1-3-31-15-7-5-4-6-14(15)16(27)24-19(20(21,22)23)17(28)26(18(29)25-19)12-8-10-13(30-2)11-9-12/h4-11H,3H2,1-2H3,(H,24,27)(H,25,29)/t19-/m1/s1. The zero-order valence-electron chi connectivity index (χ0n) is 16.4. The fraction of sp³-hybridized carbons (Fsp3) is 0.250. The van der Waals surface area contributed by atoms with Crippen LogP contribution in [0.4, 0.5) is 23.7 Å². The molecule has 1 heterocycles. The number of anilines is 1. The number of carbonyl (C=O) groups is 3. The van der Waals surface area contributed by atoms with Gasteiger partial charge in [0.05, 0.1) is 25.0 Å². The van der Waals surface area contributed by atoms with Crippen molar-refractivity contribution in [3.8, 4) is 11.5 Å². The highest BCUT2D eigenvalue weighted by molar-refractivity contribution is 6.24. The highest BCUT2D eigenvalue weighted by atomic mass is 19.4. The summed E-state index contributed by atoms with van der Waals surface area (Å²) in [6.45, 7) is 1.80. The van der Waals surface area contributed by atoms with Crippen LogP contribution in [0.15, 0.2) is 48.5 Å². The SMILES string of the molecule is CCOc1ccccc1C(=O)N[C@@]1(C(F)(F)F)NC(=O)N(c2ccc(OC)cc2)C1=O. The predicted molar refractivity (Wildman–Crippen MR) is 103 cm³/mol. The van der Waals surface area contributed by atoms with Crippen LogP contribution >= 0.6 is 0 Å². The summed E-state index contributed by atoms with van der Waals surface area (Å²) >= 11 is 0. The number of halogens is 3. The Morgan fingerprint density at radius 2 is 1.77 bits per heavy atom. The van der Waals surface area contributed by atoms with E-state index in [-0.39, 0.29) is 23.6 Å². The van der Waals surface area contributed by atoms with E-state index in [4.69, 9.17) is 9.47 Å². The Balaban J connectivity index is 1.99. The minimum atomic E-state index is -5.34. The van der Waals surface area contributed by atoms with E-state index in [0.29, 0.717) is 10.6 Å². The number of nitrogens with zero attached hydrogens (tertiary/aromatic N) is 1. The Bertz CT molecular complexity index is 1010. The van der Waals surface area contributed by atoms with Crippen molar-refractivity contribution in [2.45, 2.75) is 18.8 Å². The molecule has 2 N–H and O–H groups in total. The quantitative estimate of drug-likeness (QED) is 0.678. The largest absolute Gasteiger partial charge is 0.497 e. The topological polar surface area (TPSA) is 97.0 Å². The molecule has 0 radical (unpaired) electrons. The van der Waals surface area contributed by atoms with E-state index in [1.54, 1.807) is 17.6 Å². The number of amides is 4. The van der Waals surface area contributed by atoms with Gasteiger partial charge in [-0.05, 0) is 43.3 Å². The molecule has 164 valence electrons. The van der Waals surface area contributed by atoms with Crippen LogP contribution in [0.3, 0.4) is 0 Å². The van der Waals surface area contributed by atoms with Crippen LogP contribution in [0.1, 0.15) is 17.3 Å². The minimum absolute atomic E-state index is 0.0311. The van der Waals surface area contributed by atoms with Crippen LogP contribution in [-0.2, 0) is 4.79 Å². The number of urea groups is 1. The number of methoxy groups -OCH3 is 1. The van der Waals surface area contributed by atoms with Crippen molar-refractivity contribution in [3.05, 3.63) is 54.1 Å². The molecular weight excluding hydrogens is 419 g/mol. The molecule has 0 aromatic heterocycles. The first-order chi connectivity index (χ1) is 14.6. The normalized spacial score (nSPS) is 18.5. The lowest BCUT2D eigenvalue weighted by atomic mass is 10.1. The molecule has 2 aromatic carbocycles. The van der Waals surface area contributed by atoms with Gasteiger partial charge in [0.25, 0.3) is 17.5 Å². The van der Waals surface area contributed by atoms with Gasteiger partial charge in [-0.1, -0.05) is 12.1 Å². The summed E-state index contributed by atoms with van der Waals surface area (Å²) in [5.41, 5.74) is -4.00. The number of benzene rings is 2. The van der Waals surface area contributed by atoms with Crippen LogP contribution in [0.5, 0.6) is 11.5 Å². The monoisotopic (exact) mass is 437 g/mol. The molecule has 0 spiro atoms. The first-order valence-electron chi connectivity index (χ1n) is 9.06. The van der Waals surface area contributed by atoms with Gasteiger partial charge in [0.15, 0.2) is 0 Å².